The van der Waals surface area contributed by atoms with Gasteiger partial charge in [-0.3, -0.25) is 4.79 Å². The summed E-state index contributed by atoms with van der Waals surface area (Å²) >= 11 is 0. The third kappa shape index (κ3) is 4.34. The highest BCUT2D eigenvalue weighted by atomic mass is 32.2. The van der Waals surface area contributed by atoms with Gasteiger partial charge in [0.1, 0.15) is 0 Å². The smallest absolute Gasteiger partial charge is 0.421 e. The fourth-order valence-corrected chi connectivity index (χ4v) is 2.38. The Hall–Kier alpha value is -1.61. The molecule has 1 aliphatic carbocycles. The molecule has 18 heavy (non-hydrogen) atoms. The fourth-order valence-electron chi connectivity index (χ4n) is 1.47. The van der Waals surface area contributed by atoms with E-state index >= 15 is 0 Å². The third-order valence-electron chi connectivity index (χ3n) is 2.20. The van der Waals surface area contributed by atoms with Gasteiger partial charge in [-0.1, -0.05) is 12.2 Å². The first kappa shape index (κ1) is 14.5. The van der Waals surface area contributed by atoms with E-state index in [-0.39, 0.29) is 13.0 Å². The first-order valence-corrected chi connectivity index (χ1v) is 6.70. The van der Waals surface area contributed by atoms with E-state index < -0.39 is 34.2 Å². The highest BCUT2D eigenvalue weighted by molar-refractivity contribution is 7.88. The Morgan fingerprint density at radius 1 is 1.44 bits per heavy atom. The summed E-state index contributed by atoms with van der Waals surface area (Å²) in [6, 6.07) is -0.655. The molecule has 8 nitrogen and oxygen atoms in total. The molecule has 1 aliphatic rings. The normalized spacial score (nSPS) is 22.7. The predicted octanol–water partition coefficient (Wildman–Crippen LogP) is -0.404. The number of amides is 1. The van der Waals surface area contributed by atoms with Crippen LogP contribution in [0.1, 0.15) is 13.3 Å². The lowest BCUT2D eigenvalue weighted by molar-refractivity contribution is -0.140. The Morgan fingerprint density at radius 3 is 2.61 bits per heavy atom. The van der Waals surface area contributed by atoms with Gasteiger partial charge in [-0.05, 0) is 13.3 Å². The third-order valence-corrected chi connectivity index (χ3v) is 3.25. The van der Waals surface area contributed by atoms with Gasteiger partial charge in [0, 0.05) is 6.04 Å². The van der Waals surface area contributed by atoms with Crippen molar-refractivity contribution in [3.8, 4) is 0 Å². The standard InChI is InChI=1S/C9H14N2O6S/c1-2-17-9(14)11-18(15,16)10-7-4-3-6(5-7)8(12)13/h3-4,6-7,10H,2,5H2,1H3,(H,11,14)(H,12,13). The summed E-state index contributed by atoms with van der Waals surface area (Å²) < 4.78 is 31.1. The average molecular weight is 278 g/mol. The molecule has 0 aromatic rings. The van der Waals surface area contributed by atoms with Crippen LogP contribution in [-0.2, 0) is 19.7 Å². The lowest BCUT2D eigenvalue weighted by Gasteiger charge is -2.12. The summed E-state index contributed by atoms with van der Waals surface area (Å²) in [5.74, 6) is -1.74. The molecular formula is C9H14N2O6S. The van der Waals surface area contributed by atoms with Crippen molar-refractivity contribution in [1.82, 2.24) is 9.44 Å². The number of carbonyl (C=O) groups excluding carboxylic acids is 1. The SMILES string of the molecule is CCOC(=O)NS(=O)(=O)NC1C=CC(C(=O)O)C1. The van der Waals surface area contributed by atoms with Crippen LogP contribution >= 0.6 is 0 Å². The van der Waals surface area contributed by atoms with E-state index in [9.17, 15) is 18.0 Å². The van der Waals surface area contributed by atoms with E-state index in [1.54, 1.807) is 4.72 Å². The van der Waals surface area contributed by atoms with Gasteiger partial charge in [0.25, 0.3) is 0 Å². The Bertz CT molecular complexity index is 458. The molecule has 3 N–H and O–H groups in total. The molecule has 1 amide bonds. The van der Waals surface area contributed by atoms with Crippen LogP contribution in [0.15, 0.2) is 12.2 Å². The molecule has 0 bridgehead atoms. The van der Waals surface area contributed by atoms with Crippen molar-refractivity contribution in [3.63, 3.8) is 0 Å². The Balaban J connectivity index is 2.50. The first-order chi connectivity index (χ1) is 8.34. The van der Waals surface area contributed by atoms with Crippen LogP contribution in [-0.4, -0.2) is 38.2 Å². The van der Waals surface area contributed by atoms with Crippen LogP contribution in [0, 0.1) is 5.92 Å². The molecule has 1 rings (SSSR count). The predicted molar refractivity (Wildman–Crippen MR) is 60.9 cm³/mol. The molecule has 0 aliphatic heterocycles. The molecule has 0 radical (unpaired) electrons. The van der Waals surface area contributed by atoms with Crippen LogP contribution in [0.4, 0.5) is 4.79 Å². The molecule has 0 saturated heterocycles. The molecule has 0 spiro atoms. The van der Waals surface area contributed by atoms with E-state index in [0.717, 1.165) is 0 Å². The maximum absolute atomic E-state index is 11.4. The number of carboxylic acids is 1. The van der Waals surface area contributed by atoms with Crippen molar-refractivity contribution < 1.29 is 27.9 Å². The molecule has 2 atom stereocenters. The summed E-state index contributed by atoms with van der Waals surface area (Å²) in [5.41, 5.74) is 0. The Morgan fingerprint density at radius 2 is 2.11 bits per heavy atom. The van der Waals surface area contributed by atoms with Crippen molar-refractivity contribution in [2.75, 3.05) is 6.61 Å². The van der Waals surface area contributed by atoms with E-state index in [1.807, 2.05) is 0 Å². The molecule has 0 aromatic carbocycles. The van der Waals surface area contributed by atoms with Crippen LogP contribution < -0.4 is 9.44 Å². The largest absolute Gasteiger partial charge is 0.481 e. The molecule has 0 heterocycles. The maximum Gasteiger partial charge on any atom is 0.421 e. The molecular weight excluding hydrogens is 264 g/mol. The lowest BCUT2D eigenvalue weighted by Crippen LogP contribution is -2.44. The summed E-state index contributed by atoms with van der Waals surface area (Å²) in [6.07, 6.45) is 1.86. The molecule has 2 unspecified atom stereocenters. The van der Waals surface area contributed by atoms with E-state index in [2.05, 4.69) is 9.46 Å². The topological polar surface area (TPSA) is 122 Å². The van der Waals surface area contributed by atoms with Gasteiger partial charge in [0.15, 0.2) is 0 Å². The quantitative estimate of drug-likeness (QED) is 0.588. The molecule has 0 aromatic heterocycles. The maximum atomic E-state index is 11.4. The summed E-state index contributed by atoms with van der Waals surface area (Å²) in [6.45, 7) is 1.59. The number of carboxylic acid groups (broad SMARTS) is 1. The van der Waals surface area contributed by atoms with Crippen molar-refractivity contribution in [1.29, 1.82) is 0 Å². The average Bonchev–Trinajstić information content (AvgIpc) is 2.64. The lowest BCUT2D eigenvalue weighted by atomic mass is 10.1. The fraction of sp³-hybridized carbons (Fsp3) is 0.556. The zero-order valence-corrected chi connectivity index (χ0v) is 10.4. The van der Waals surface area contributed by atoms with Gasteiger partial charge in [0.05, 0.1) is 12.5 Å². The minimum Gasteiger partial charge on any atom is -0.481 e. The first-order valence-electron chi connectivity index (χ1n) is 5.22. The second-order valence-electron chi connectivity index (χ2n) is 3.62. The van der Waals surface area contributed by atoms with E-state index in [4.69, 9.17) is 5.11 Å². The van der Waals surface area contributed by atoms with Crippen molar-refractivity contribution >= 4 is 22.3 Å². The van der Waals surface area contributed by atoms with Gasteiger partial charge < -0.3 is 9.84 Å². The number of nitrogens with one attached hydrogen (secondary N) is 2. The summed E-state index contributed by atoms with van der Waals surface area (Å²) in [7, 11) is -4.05. The van der Waals surface area contributed by atoms with Crippen molar-refractivity contribution in [2.24, 2.45) is 5.92 Å². The number of hydrogen-bond donors (Lipinski definition) is 3. The van der Waals surface area contributed by atoms with Crippen LogP contribution in [0.2, 0.25) is 0 Å². The van der Waals surface area contributed by atoms with E-state index in [0.29, 0.717) is 0 Å². The summed E-state index contributed by atoms with van der Waals surface area (Å²) in [5, 5.41) is 8.73. The number of aliphatic carboxylic acids is 1. The Kier molecular flexibility index (Phi) is 4.68. The van der Waals surface area contributed by atoms with E-state index in [1.165, 1.54) is 19.1 Å². The highest BCUT2D eigenvalue weighted by Gasteiger charge is 2.28. The molecule has 0 fully saturated rings. The molecule has 9 heteroatoms. The zero-order chi connectivity index (χ0) is 13.8. The van der Waals surface area contributed by atoms with Gasteiger partial charge in [0.2, 0.25) is 0 Å². The van der Waals surface area contributed by atoms with Gasteiger partial charge in [-0.25, -0.2) is 9.52 Å². The molecule has 102 valence electrons. The second kappa shape index (κ2) is 5.83. The molecule has 0 saturated carbocycles. The van der Waals surface area contributed by atoms with Crippen molar-refractivity contribution in [3.05, 3.63) is 12.2 Å². The number of carbonyl (C=O) groups is 2. The monoisotopic (exact) mass is 278 g/mol. The highest BCUT2D eigenvalue weighted by Crippen LogP contribution is 2.18. The minimum absolute atomic E-state index is 0.0474. The number of ether oxygens (including phenoxy) is 1. The second-order valence-corrected chi connectivity index (χ2v) is 5.06. The zero-order valence-electron chi connectivity index (χ0n) is 9.62. The van der Waals surface area contributed by atoms with Gasteiger partial charge >= 0.3 is 22.3 Å². The van der Waals surface area contributed by atoms with Gasteiger partial charge in [-0.15, -0.1) is 0 Å². The van der Waals surface area contributed by atoms with Crippen molar-refractivity contribution in [2.45, 2.75) is 19.4 Å². The van der Waals surface area contributed by atoms with Crippen LogP contribution in [0.25, 0.3) is 0 Å². The van der Waals surface area contributed by atoms with Gasteiger partial charge in [-0.2, -0.15) is 13.1 Å². The minimum atomic E-state index is -4.05. The summed E-state index contributed by atoms with van der Waals surface area (Å²) in [4.78, 5) is 21.6. The van der Waals surface area contributed by atoms with Crippen LogP contribution in [0.3, 0.4) is 0 Å². The number of rotatable bonds is 5. The van der Waals surface area contributed by atoms with Crippen LogP contribution in [0.5, 0.6) is 0 Å². The Labute approximate surface area is 104 Å². The number of hydrogen-bond acceptors (Lipinski definition) is 5.